The number of aryl methyl sites for hydroxylation is 4. The molecule has 0 aliphatic carbocycles. The van der Waals surface area contributed by atoms with Crippen LogP contribution in [0.25, 0.3) is 34.2 Å². The summed E-state index contributed by atoms with van der Waals surface area (Å²) >= 11 is 0. The molecule has 0 aliphatic heterocycles. The SMILES string of the molecule is Cc1ccc(-c2nc(-c3ccc(C)cc3C)nc(-c3ccc(OCC(O)C[N+](C)(C)C)cc3N=O)n2)c(C)c1. The zero-order chi connectivity index (χ0) is 28.3. The maximum Gasteiger partial charge on any atom is 0.166 e. The third kappa shape index (κ3) is 6.90. The van der Waals surface area contributed by atoms with Crippen molar-refractivity contribution >= 4 is 5.69 Å². The molecule has 1 unspecified atom stereocenters. The summed E-state index contributed by atoms with van der Waals surface area (Å²) in [6.07, 6.45) is -0.651. The minimum Gasteiger partial charge on any atom is -0.491 e. The molecule has 1 N–H and O–H groups in total. The summed E-state index contributed by atoms with van der Waals surface area (Å²) in [5, 5.41) is 13.6. The number of aliphatic hydroxyl groups excluding tert-OH is 1. The molecule has 1 aromatic heterocycles. The second kappa shape index (κ2) is 11.4. The molecule has 4 aromatic rings. The van der Waals surface area contributed by atoms with Gasteiger partial charge in [-0.1, -0.05) is 47.5 Å². The number of aromatic nitrogens is 3. The molecule has 0 spiro atoms. The van der Waals surface area contributed by atoms with Crippen LogP contribution in [0.5, 0.6) is 5.75 Å². The van der Waals surface area contributed by atoms with Crippen LogP contribution in [0.2, 0.25) is 0 Å². The van der Waals surface area contributed by atoms with Crippen molar-refractivity contribution < 1.29 is 14.3 Å². The molecule has 1 heterocycles. The third-order valence-corrected chi connectivity index (χ3v) is 6.39. The number of nitroso groups, excluding NO2 is 1. The minimum atomic E-state index is -0.651. The summed E-state index contributed by atoms with van der Waals surface area (Å²) in [4.78, 5) is 26.4. The third-order valence-electron chi connectivity index (χ3n) is 6.39. The fourth-order valence-corrected chi connectivity index (χ4v) is 4.61. The van der Waals surface area contributed by atoms with E-state index in [-0.39, 0.29) is 12.3 Å². The van der Waals surface area contributed by atoms with E-state index in [9.17, 15) is 10.0 Å². The number of hydrogen-bond donors (Lipinski definition) is 1. The Morgan fingerprint density at radius 3 is 1.72 bits per heavy atom. The summed E-state index contributed by atoms with van der Waals surface area (Å²) in [5.74, 6) is 1.83. The van der Waals surface area contributed by atoms with Gasteiger partial charge in [0.25, 0.3) is 0 Å². The van der Waals surface area contributed by atoms with Crippen molar-refractivity contribution in [2.75, 3.05) is 34.3 Å². The second-order valence-corrected chi connectivity index (χ2v) is 11.2. The zero-order valence-electron chi connectivity index (χ0n) is 23.7. The Morgan fingerprint density at radius 2 is 1.26 bits per heavy atom. The fraction of sp³-hybridized carbons (Fsp3) is 0.323. The highest BCUT2D eigenvalue weighted by Crippen LogP contribution is 2.34. The van der Waals surface area contributed by atoms with E-state index >= 15 is 0 Å². The van der Waals surface area contributed by atoms with Gasteiger partial charge in [0.2, 0.25) is 0 Å². The van der Waals surface area contributed by atoms with Crippen LogP contribution < -0.4 is 4.74 Å². The van der Waals surface area contributed by atoms with Crippen molar-refractivity contribution in [2.45, 2.75) is 33.8 Å². The van der Waals surface area contributed by atoms with E-state index in [1.165, 1.54) is 0 Å². The predicted octanol–water partition coefficient (Wildman–Crippen LogP) is 5.95. The maximum atomic E-state index is 11.9. The summed E-state index contributed by atoms with van der Waals surface area (Å²) in [6, 6.07) is 17.3. The van der Waals surface area contributed by atoms with Crippen LogP contribution >= 0.6 is 0 Å². The number of aliphatic hydroxyl groups is 1. The number of ether oxygens (including phenoxy) is 1. The molecule has 0 bridgehead atoms. The highest BCUT2D eigenvalue weighted by molar-refractivity contribution is 5.76. The van der Waals surface area contributed by atoms with Crippen LogP contribution in [0, 0.1) is 32.6 Å². The average Bonchev–Trinajstić information content (AvgIpc) is 2.86. The maximum absolute atomic E-state index is 11.9. The van der Waals surface area contributed by atoms with Crippen LogP contribution in [0.4, 0.5) is 5.69 Å². The number of quaternary nitrogens is 1. The van der Waals surface area contributed by atoms with Crippen molar-refractivity contribution in [3.8, 4) is 39.9 Å². The van der Waals surface area contributed by atoms with Crippen molar-refractivity contribution in [2.24, 2.45) is 5.18 Å². The van der Waals surface area contributed by atoms with E-state index in [1.807, 2.05) is 73.1 Å². The van der Waals surface area contributed by atoms with Gasteiger partial charge >= 0.3 is 0 Å². The minimum absolute atomic E-state index is 0.104. The van der Waals surface area contributed by atoms with E-state index in [1.54, 1.807) is 18.2 Å². The molecule has 3 aromatic carbocycles. The summed E-state index contributed by atoms with van der Waals surface area (Å²) in [5.41, 5.74) is 6.79. The van der Waals surface area contributed by atoms with Crippen LogP contribution in [0.3, 0.4) is 0 Å². The number of benzene rings is 3. The Labute approximate surface area is 229 Å². The molecule has 0 aliphatic rings. The fourth-order valence-electron chi connectivity index (χ4n) is 4.61. The Balaban J connectivity index is 1.78. The molecule has 0 fully saturated rings. The molecule has 39 heavy (non-hydrogen) atoms. The lowest BCUT2D eigenvalue weighted by Gasteiger charge is -2.26. The van der Waals surface area contributed by atoms with Crippen molar-refractivity contribution in [1.29, 1.82) is 0 Å². The highest BCUT2D eigenvalue weighted by atomic mass is 16.5. The van der Waals surface area contributed by atoms with Gasteiger partial charge in [0.1, 0.15) is 30.7 Å². The van der Waals surface area contributed by atoms with E-state index < -0.39 is 6.10 Å². The van der Waals surface area contributed by atoms with Crippen molar-refractivity contribution in [3.05, 3.63) is 81.8 Å². The number of rotatable bonds is 9. The lowest BCUT2D eigenvalue weighted by molar-refractivity contribution is -0.873. The first kappa shape index (κ1) is 28.0. The number of nitrogens with zero attached hydrogens (tertiary/aromatic N) is 5. The zero-order valence-corrected chi connectivity index (χ0v) is 23.7. The Bertz CT molecular complexity index is 1440. The van der Waals surface area contributed by atoms with Gasteiger partial charge in [-0.2, -0.15) is 0 Å². The van der Waals surface area contributed by atoms with Gasteiger partial charge in [-0.15, -0.1) is 4.91 Å². The number of hydrogen-bond acceptors (Lipinski definition) is 7. The van der Waals surface area contributed by atoms with E-state index in [0.29, 0.717) is 39.8 Å². The molecule has 0 saturated heterocycles. The monoisotopic (exact) mass is 526 g/mol. The first-order valence-corrected chi connectivity index (χ1v) is 12.9. The molecule has 202 valence electrons. The summed E-state index contributed by atoms with van der Waals surface area (Å²) in [6.45, 7) is 8.78. The smallest absolute Gasteiger partial charge is 0.166 e. The van der Waals surface area contributed by atoms with Crippen LogP contribution in [0.15, 0.2) is 59.8 Å². The van der Waals surface area contributed by atoms with Gasteiger partial charge < -0.3 is 14.3 Å². The van der Waals surface area contributed by atoms with Gasteiger partial charge in [-0.05, 0) is 56.1 Å². The summed E-state index contributed by atoms with van der Waals surface area (Å²) < 4.78 is 6.38. The largest absolute Gasteiger partial charge is 0.491 e. The average molecular weight is 527 g/mol. The van der Waals surface area contributed by atoms with Gasteiger partial charge in [-0.25, -0.2) is 15.0 Å². The molecular formula is C31H36N5O3+. The Hall–Kier alpha value is -4.01. The van der Waals surface area contributed by atoms with Crippen LogP contribution in [-0.2, 0) is 0 Å². The molecular weight excluding hydrogens is 490 g/mol. The lowest BCUT2D eigenvalue weighted by atomic mass is 10.0. The molecule has 0 amide bonds. The summed E-state index contributed by atoms with van der Waals surface area (Å²) in [7, 11) is 6.00. The first-order chi connectivity index (χ1) is 18.4. The van der Waals surface area contributed by atoms with Gasteiger partial charge in [0, 0.05) is 22.8 Å². The van der Waals surface area contributed by atoms with E-state index in [2.05, 4.69) is 17.3 Å². The Kier molecular flexibility index (Phi) is 8.18. The number of likely N-dealkylation sites (N-methyl/N-ethyl adjacent to an activating group) is 1. The van der Waals surface area contributed by atoms with E-state index in [0.717, 1.165) is 33.4 Å². The highest BCUT2D eigenvalue weighted by Gasteiger charge is 2.19. The topological polar surface area (TPSA) is 97.6 Å². The quantitative estimate of drug-likeness (QED) is 0.214. The second-order valence-electron chi connectivity index (χ2n) is 11.2. The molecule has 0 radical (unpaired) electrons. The molecule has 1 atom stereocenters. The van der Waals surface area contributed by atoms with E-state index in [4.69, 9.17) is 19.7 Å². The van der Waals surface area contributed by atoms with Gasteiger partial charge in [-0.3, -0.25) is 0 Å². The van der Waals surface area contributed by atoms with Crippen molar-refractivity contribution in [3.63, 3.8) is 0 Å². The van der Waals surface area contributed by atoms with Crippen LogP contribution in [-0.4, -0.2) is 64.9 Å². The van der Waals surface area contributed by atoms with Gasteiger partial charge in [0.05, 0.1) is 21.1 Å². The standard InChI is InChI=1S/C31H36N5O3/c1-19-8-11-25(21(3)14-19)29-32-30(26-12-9-20(2)15-22(26)4)34-31(33-29)27-13-10-24(16-28(27)35-38)39-18-23(37)17-36(5,6)7/h8-16,23,37H,17-18H2,1-7H3/q+1. The van der Waals surface area contributed by atoms with Crippen LogP contribution in [0.1, 0.15) is 22.3 Å². The molecule has 8 heteroatoms. The predicted molar refractivity (Wildman–Crippen MR) is 155 cm³/mol. The molecule has 8 nitrogen and oxygen atoms in total. The van der Waals surface area contributed by atoms with Gasteiger partial charge in [0.15, 0.2) is 17.5 Å². The van der Waals surface area contributed by atoms with Crippen molar-refractivity contribution in [1.82, 2.24) is 15.0 Å². The molecule has 4 rings (SSSR count). The Morgan fingerprint density at radius 1 is 0.769 bits per heavy atom. The normalized spacial score (nSPS) is 12.3. The molecule has 0 saturated carbocycles. The first-order valence-electron chi connectivity index (χ1n) is 12.9. The lowest BCUT2D eigenvalue weighted by Crippen LogP contribution is -2.43.